The Balaban J connectivity index is 2.15. The van der Waals surface area contributed by atoms with Crippen LogP contribution in [0, 0.1) is 10.1 Å². The lowest BCUT2D eigenvalue weighted by Crippen LogP contribution is -2.11. The van der Waals surface area contributed by atoms with Crippen LogP contribution in [0.4, 0.5) is 5.69 Å². The third-order valence-corrected chi connectivity index (χ3v) is 2.90. The molecule has 0 saturated heterocycles. The van der Waals surface area contributed by atoms with Crippen LogP contribution in [0.1, 0.15) is 27.6 Å². The molecule has 7 heteroatoms. The second-order valence-corrected chi connectivity index (χ2v) is 4.41. The number of hydrogen-bond acceptors (Lipinski definition) is 6. The summed E-state index contributed by atoms with van der Waals surface area (Å²) in [5.74, 6) is -1.16. The van der Waals surface area contributed by atoms with E-state index >= 15 is 0 Å². The van der Waals surface area contributed by atoms with Gasteiger partial charge in [-0.15, -0.1) is 0 Å². The van der Waals surface area contributed by atoms with E-state index in [1.807, 2.05) is 0 Å². The summed E-state index contributed by atoms with van der Waals surface area (Å²) in [7, 11) is 0. The fourth-order valence-electron chi connectivity index (χ4n) is 1.84. The third kappa shape index (κ3) is 3.91. The number of nitrogens with zero attached hydrogens (tertiary/aromatic N) is 1. The largest absolute Gasteiger partial charge is 0.462 e. The van der Waals surface area contributed by atoms with Gasteiger partial charge in [0.25, 0.3) is 5.69 Å². The van der Waals surface area contributed by atoms with Gasteiger partial charge in [-0.25, -0.2) is 9.59 Å². The van der Waals surface area contributed by atoms with Gasteiger partial charge in [-0.2, -0.15) is 0 Å². The molecule has 0 N–H and O–H groups in total. The van der Waals surface area contributed by atoms with Crippen molar-refractivity contribution >= 4 is 17.6 Å². The molecule has 0 aliphatic carbocycles. The summed E-state index contributed by atoms with van der Waals surface area (Å²) < 4.78 is 9.93. The second kappa shape index (κ2) is 7.17. The van der Waals surface area contributed by atoms with Crippen LogP contribution in [-0.2, 0) is 4.74 Å². The van der Waals surface area contributed by atoms with Crippen LogP contribution < -0.4 is 4.74 Å². The predicted octanol–water partition coefficient (Wildman–Crippen LogP) is 2.99. The molecule has 0 amide bonds. The first kappa shape index (κ1) is 16.2. The molecule has 0 fully saturated rings. The van der Waals surface area contributed by atoms with Crippen molar-refractivity contribution in [2.45, 2.75) is 6.92 Å². The highest BCUT2D eigenvalue weighted by atomic mass is 16.6. The van der Waals surface area contributed by atoms with Crippen molar-refractivity contribution in [3.63, 3.8) is 0 Å². The number of hydrogen-bond donors (Lipinski definition) is 0. The van der Waals surface area contributed by atoms with Crippen LogP contribution in [-0.4, -0.2) is 23.5 Å². The minimum absolute atomic E-state index is 0.146. The Kier molecular flexibility index (Phi) is 5.03. The Morgan fingerprint density at radius 3 is 2.30 bits per heavy atom. The van der Waals surface area contributed by atoms with Crippen LogP contribution in [0.2, 0.25) is 0 Å². The maximum Gasteiger partial charge on any atom is 0.350 e. The van der Waals surface area contributed by atoms with Gasteiger partial charge in [-0.05, 0) is 37.3 Å². The number of para-hydroxylation sites is 1. The Hall–Kier alpha value is -3.22. The number of rotatable bonds is 5. The molecule has 0 aliphatic heterocycles. The van der Waals surface area contributed by atoms with Gasteiger partial charge in [0.2, 0.25) is 0 Å². The number of carbonyl (C=O) groups excluding carboxylic acids is 2. The molecule has 118 valence electrons. The van der Waals surface area contributed by atoms with E-state index in [9.17, 15) is 19.7 Å². The lowest BCUT2D eigenvalue weighted by atomic mass is 10.2. The summed E-state index contributed by atoms with van der Waals surface area (Å²) in [6.45, 7) is 1.95. The minimum atomic E-state index is -0.846. The molecule has 23 heavy (non-hydrogen) atoms. The van der Waals surface area contributed by atoms with Gasteiger partial charge in [0.05, 0.1) is 17.1 Å². The fraction of sp³-hybridized carbons (Fsp3) is 0.125. The molecule has 0 radical (unpaired) electrons. The van der Waals surface area contributed by atoms with Crippen LogP contribution in [0.5, 0.6) is 5.75 Å². The lowest BCUT2D eigenvalue weighted by molar-refractivity contribution is -0.385. The van der Waals surface area contributed by atoms with E-state index in [0.29, 0.717) is 5.56 Å². The highest BCUT2D eigenvalue weighted by Gasteiger charge is 2.21. The zero-order chi connectivity index (χ0) is 16.8. The van der Waals surface area contributed by atoms with Gasteiger partial charge in [0, 0.05) is 6.07 Å². The van der Waals surface area contributed by atoms with E-state index in [-0.39, 0.29) is 23.6 Å². The molecule has 0 spiro atoms. The molecule has 2 rings (SSSR count). The molecule has 0 aliphatic rings. The normalized spacial score (nSPS) is 9.96. The average Bonchev–Trinajstić information content (AvgIpc) is 2.55. The van der Waals surface area contributed by atoms with Gasteiger partial charge in [-0.1, -0.05) is 12.1 Å². The second-order valence-electron chi connectivity index (χ2n) is 4.41. The highest BCUT2D eigenvalue weighted by Crippen LogP contribution is 2.21. The Morgan fingerprint density at radius 2 is 1.70 bits per heavy atom. The van der Waals surface area contributed by atoms with Crippen molar-refractivity contribution in [1.82, 2.24) is 0 Å². The molecular formula is C16H13NO6. The molecule has 0 heterocycles. The van der Waals surface area contributed by atoms with Gasteiger partial charge >= 0.3 is 11.9 Å². The molecule has 2 aromatic carbocycles. The van der Waals surface area contributed by atoms with Crippen molar-refractivity contribution in [3.05, 3.63) is 69.8 Å². The smallest absolute Gasteiger partial charge is 0.350 e. The number of nitro groups is 1. The Bertz CT molecular complexity index is 738. The molecule has 0 saturated carbocycles. The molecule has 0 atom stereocenters. The van der Waals surface area contributed by atoms with Crippen LogP contribution in [0.15, 0.2) is 48.5 Å². The maximum atomic E-state index is 12.0. The summed E-state index contributed by atoms with van der Waals surface area (Å²) in [6.07, 6.45) is 0. The number of ether oxygens (including phenoxy) is 2. The first-order chi connectivity index (χ1) is 11.0. The molecule has 0 unspecified atom stereocenters. The topological polar surface area (TPSA) is 95.7 Å². The first-order valence-electron chi connectivity index (χ1n) is 6.75. The van der Waals surface area contributed by atoms with E-state index < -0.39 is 16.9 Å². The van der Waals surface area contributed by atoms with E-state index in [4.69, 9.17) is 9.47 Å². The van der Waals surface area contributed by atoms with E-state index in [1.54, 1.807) is 6.92 Å². The Labute approximate surface area is 131 Å². The number of nitro benzene ring substituents is 1. The molecule has 0 aromatic heterocycles. The third-order valence-electron chi connectivity index (χ3n) is 2.90. The molecular weight excluding hydrogens is 302 g/mol. The lowest BCUT2D eigenvalue weighted by Gasteiger charge is -2.06. The molecule has 2 aromatic rings. The van der Waals surface area contributed by atoms with E-state index in [0.717, 1.165) is 0 Å². The molecule has 0 bridgehead atoms. The van der Waals surface area contributed by atoms with Crippen LogP contribution >= 0.6 is 0 Å². The average molecular weight is 315 g/mol. The number of carbonyl (C=O) groups is 2. The van der Waals surface area contributed by atoms with Crippen molar-refractivity contribution in [1.29, 1.82) is 0 Å². The monoisotopic (exact) mass is 315 g/mol. The maximum absolute atomic E-state index is 12.0. The summed E-state index contributed by atoms with van der Waals surface area (Å²) in [5.41, 5.74) is -0.162. The predicted molar refractivity (Wildman–Crippen MR) is 80.5 cm³/mol. The first-order valence-corrected chi connectivity index (χ1v) is 6.75. The standard InChI is InChI=1S/C16H13NO6/c1-2-22-15(18)11-7-9-12(10-8-11)23-16(19)13-5-3-4-6-14(13)17(20)21/h3-10H,2H2,1H3. The van der Waals surface area contributed by atoms with Gasteiger partial charge in [0.1, 0.15) is 11.3 Å². The fourth-order valence-corrected chi connectivity index (χ4v) is 1.84. The van der Waals surface area contributed by atoms with Crippen LogP contribution in [0.3, 0.4) is 0 Å². The van der Waals surface area contributed by atoms with Crippen molar-refractivity contribution < 1.29 is 24.0 Å². The van der Waals surface area contributed by atoms with Crippen molar-refractivity contribution in [2.75, 3.05) is 6.61 Å². The molecule has 7 nitrogen and oxygen atoms in total. The van der Waals surface area contributed by atoms with E-state index in [1.165, 1.54) is 48.5 Å². The quantitative estimate of drug-likeness (QED) is 0.364. The Morgan fingerprint density at radius 1 is 1.04 bits per heavy atom. The van der Waals surface area contributed by atoms with Gasteiger partial charge < -0.3 is 9.47 Å². The zero-order valence-corrected chi connectivity index (χ0v) is 12.2. The summed E-state index contributed by atoms with van der Waals surface area (Å²) in [4.78, 5) is 33.8. The minimum Gasteiger partial charge on any atom is -0.462 e. The van der Waals surface area contributed by atoms with Crippen LogP contribution in [0.25, 0.3) is 0 Å². The number of esters is 2. The summed E-state index contributed by atoms with van der Waals surface area (Å²) >= 11 is 0. The summed E-state index contributed by atoms with van der Waals surface area (Å²) in [6, 6.07) is 11.2. The van der Waals surface area contributed by atoms with E-state index in [2.05, 4.69) is 0 Å². The van der Waals surface area contributed by atoms with Crippen molar-refractivity contribution in [2.24, 2.45) is 0 Å². The van der Waals surface area contributed by atoms with Gasteiger partial charge in [0.15, 0.2) is 0 Å². The highest BCUT2D eigenvalue weighted by molar-refractivity contribution is 5.95. The van der Waals surface area contributed by atoms with Gasteiger partial charge in [-0.3, -0.25) is 10.1 Å². The summed E-state index contributed by atoms with van der Waals surface area (Å²) in [5, 5.41) is 10.9. The van der Waals surface area contributed by atoms with Crippen molar-refractivity contribution in [3.8, 4) is 5.75 Å². The number of benzene rings is 2. The zero-order valence-electron chi connectivity index (χ0n) is 12.2. The SMILES string of the molecule is CCOC(=O)c1ccc(OC(=O)c2ccccc2[N+](=O)[O-])cc1.